The number of halogens is 1. The number of epoxide rings is 1. The summed E-state index contributed by atoms with van der Waals surface area (Å²) in [6.07, 6.45) is 0.257. The van der Waals surface area contributed by atoms with Gasteiger partial charge in [-0.1, -0.05) is 18.2 Å². The minimum Gasteiger partial charge on any atom is -0.489 e. The van der Waals surface area contributed by atoms with Gasteiger partial charge in [0.1, 0.15) is 18.5 Å². The molecule has 0 aliphatic carbocycles. The summed E-state index contributed by atoms with van der Waals surface area (Å²) in [5.41, 5.74) is 2.22. The van der Waals surface area contributed by atoms with Crippen LogP contribution < -0.4 is 4.74 Å². The van der Waals surface area contributed by atoms with Gasteiger partial charge in [0, 0.05) is 10.9 Å². The minimum atomic E-state index is 0.257. The molecule has 1 aromatic heterocycles. The van der Waals surface area contributed by atoms with Crippen LogP contribution in [-0.4, -0.2) is 24.3 Å². The zero-order valence-electron chi connectivity index (χ0n) is 10.2. The summed E-state index contributed by atoms with van der Waals surface area (Å²) in [7, 11) is 0. The Labute approximate surface area is 118 Å². The van der Waals surface area contributed by atoms with Gasteiger partial charge in [-0.15, -0.1) is 0 Å². The Morgan fingerprint density at radius 1 is 1.21 bits per heavy atom. The smallest absolute Gasteiger partial charge is 0.143 e. The van der Waals surface area contributed by atoms with Gasteiger partial charge in [-0.05, 0) is 34.1 Å². The standard InChI is InChI=1S/C15H12BrNO2/c16-11-5-6-13-14(15(11)19-8-9-7-18-9)10-3-1-2-4-12(10)17-13/h1-6,9,17H,7-8H2/t9-/m0/s1. The Bertz CT molecular complexity index is 761. The molecule has 1 atom stereocenters. The molecule has 1 fully saturated rings. The number of benzene rings is 2. The van der Waals surface area contributed by atoms with Gasteiger partial charge in [-0.2, -0.15) is 0 Å². The molecule has 0 amide bonds. The number of aromatic amines is 1. The maximum atomic E-state index is 5.95. The van der Waals surface area contributed by atoms with Crippen molar-refractivity contribution in [1.82, 2.24) is 4.98 Å². The molecule has 0 bridgehead atoms. The molecule has 1 saturated heterocycles. The third-order valence-electron chi connectivity index (χ3n) is 3.39. The highest BCUT2D eigenvalue weighted by atomic mass is 79.9. The largest absolute Gasteiger partial charge is 0.489 e. The maximum absolute atomic E-state index is 5.95. The fraction of sp³-hybridized carbons (Fsp3) is 0.200. The quantitative estimate of drug-likeness (QED) is 0.745. The number of hydrogen-bond acceptors (Lipinski definition) is 2. The Hall–Kier alpha value is -1.52. The number of para-hydroxylation sites is 1. The zero-order valence-corrected chi connectivity index (χ0v) is 11.7. The van der Waals surface area contributed by atoms with Gasteiger partial charge in [-0.25, -0.2) is 0 Å². The lowest BCUT2D eigenvalue weighted by Crippen LogP contribution is -2.04. The second kappa shape index (κ2) is 4.25. The van der Waals surface area contributed by atoms with Crippen LogP contribution in [0, 0.1) is 0 Å². The summed E-state index contributed by atoms with van der Waals surface area (Å²) in [6, 6.07) is 12.4. The van der Waals surface area contributed by atoms with Crippen molar-refractivity contribution in [3.8, 4) is 5.75 Å². The predicted molar refractivity (Wildman–Crippen MR) is 78.7 cm³/mol. The highest BCUT2D eigenvalue weighted by Crippen LogP contribution is 2.38. The molecule has 3 aromatic rings. The molecule has 0 saturated carbocycles. The summed E-state index contributed by atoms with van der Waals surface area (Å²) in [6.45, 7) is 1.42. The molecule has 19 heavy (non-hydrogen) atoms. The van der Waals surface area contributed by atoms with Gasteiger partial charge in [0.15, 0.2) is 0 Å². The Balaban J connectivity index is 1.94. The van der Waals surface area contributed by atoms with E-state index in [0.717, 1.165) is 33.2 Å². The van der Waals surface area contributed by atoms with Gasteiger partial charge < -0.3 is 14.5 Å². The van der Waals surface area contributed by atoms with E-state index >= 15 is 0 Å². The van der Waals surface area contributed by atoms with Crippen molar-refractivity contribution in [3.63, 3.8) is 0 Å². The number of rotatable bonds is 3. The van der Waals surface area contributed by atoms with Crippen molar-refractivity contribution in [3.05, 3.63) is 40.9 Å². The second-order valence-electron chi connectivity index (χ2n) is 4.74. The van der Waals surface area contributed by atoms with Gasteiger partial charge in [0.25, 0.3) is 0 Å². The first-order chi connectivity index (χ1) is 9.33. The van der Waals surface area contributed by atoms with Crippen molar-refractivity contribution in [1.29, 1.82) is 0 Å². The predicted octanol–water partition coefficient (Wildman–Crippen LogP) is 3.86. The molecule has 96 valence electrons. The third-order valence-corrected chi connectivity index (χ3v) is 4.02. The number of fused-ring (bicyclic) bond motifs is 3. The van der Waals surface area contributed by atoms with Crippen LogP contribution >= 0.6 is 15.9 Å². The topological polar surface area (TPSA) is 37.5 Å². The molecule has 0 spiro atoms. The maximum Gasteiger partial charge on any atom is 0.143 e. The molecule has 2 heterocycles. The second-order valence-corrected chi connectivity index (χ2v) is 5.59. The lowest BCUT2D eigenvalue weighted by atomic mass is 10.1. The Kier molecular flexibility index (Phi) is 2.53. The first-order valence-corrected chi connectivity index (χ1v) is 7.05. The SMILES string of the molecule is Brc1ccc2[nH]c3ccccc3c2c1OC[C@@H]1CO1. The zero-order chi connectivity index (χ0) is 12.8. The van der Waals surface area contributed by atoms with E-state index in [1.807, 2.05) is 18.2 Å². The molecule has 3 nitrogen and oxygen atoms in total. The summed E-state index contributed by atoms with van der Waals surface area (Å²) < 4.78 is 12.1. The molecule has 2 aromatic carbocycles. The number of ether oxygens (including phenoxy) is 2. The molecule has 1 aliphatic heterocycles. The highest BCUT2D eigenvalue weighted by molar-refractivity contribution is 9.10. The number of aromatic nitrogens is 1. The molecule has 0 unspecified atom stereocenters. The molecule has 4 heteroatoms. The highest BCUT2D eigenvalue weighted by Gasteiger charge is 2.24. The molecule has 1 aliphatic rings. The van der Waals surface area contributed by atoms with E-state index < -0.39 is 0 Å². The van der Waals surface area contributed by atoms with Crippen LogP contribution in [0.25, 0.3) is 21.8 Å². The summed E-state index contributed by atoms with van der Waals surface area (Å²) in [5.74, 6) is 0.894. The van der Waals surface area contributed by atoms with Crippen molar-refractivity contribution in [2.24, 2.45) is 0 Å². The van der Waals surface area contributed by atoms with Crippen LogP contribution in [0.1, 0.15) is 0 Å². The normalized spacial score (nSPS) is 18.1. The van der Waals surface area contributed by atoms with Crippen LogP contribution in [0.4, 0.5) is 0 Å². The van der Waals surface area contributed by atoms with Crippen molar-refractivity contribution >= 4 is 37.7 Å². The van der Waals surface area contributed by atoms with Gasteiger partial charge >= 0.3 is 0 Å². The van der Waals surface area contributed by atoms with Gasteiger partial charge in [0.05, 0.1) is 22.0 Å². The van der Waals surface area contributed by atoms with E-state index in [1.165, 1.54) is 5.39 Å². The third kappa shape index (κ3) is 1.91. The minimum absolute atomic E-state index is 0.257. The first-order valence-electron chi connectivity index (χ1n) is 6.26. The average molecular weight is 318 g/mol. The van der Waals surface area contributed by atoms with Crippen molar-refractivity contribution < 1.29 is 9.47 Å². The molecule has 1 N–H and O–H groups in total. The van der Waals surface area contributed by atoms with Crippen LogP contribution in [0.2, 0.25) is 0 Å². The lowest BCUT2D eigenvalue weighted by molar-refractivity contribution is 0.264. The van der Waals surface area contributed by atoms with E-state index in [4.69, 9.17) is 9.47 Å². The number of nitrogens with one attached hydrogen (secondary N) is 1. The van der Waals surface area contributed by atoms with Gasteiger partial charge in [0.2, 0.25) is 0 Å². The Morgan fingerprint density at radius 2 is 2.05 bits per heavy atom. The van der Waals surface area contributed by atoms with Crippen molar-refractivity contribution in [2.75, 3.05) is 13.2 Å². The van der Waals surface area contributed by atoms with Crippen LogP contribution in [0.3, 0.4) is 0 Å². The first kappa shape index (κ1) is 11.3. The summed E-state index contributed by atoms with van der Waals surface area (Å²) >= 11 is 3.58. The van der Waals surface area contributed by atoms with Crippen LogP contribution in [0.15, 0.2) is 40.9 Å². The lowest BCUT2D eigenvalue weighted by Gasteiger charge is -2.08. The van der Waals surface area contributed by atoms with Crippen molar-refractivity contribution in [2.45, 2.75) is 6.10 Å². The Morgan fingerprint density at radius 3 is 2.89 bits per heavy atom. The molecular formula is C15H12BrNO2. The number of H-pyrrole nitrogens is 1. The summed E-state index contributed by atoms with van der Waals surface area (Å²) in [5, 5.41) is 2.32. The van der Waals surface area contributed by atoms with Gasteiger partial charge in [-0.3, -0.25) is 0 Å². The molecule has 4 rings (SSSR count). The average Bonchev–Trinajstić information content (AvgIpc) is 3.17. The fourth-order valence-electron chi connectivity index (χ4n) is 2.37. The van der Waals surface area contributed by atoms with E-state index in [-0.39, 0.29) is 6.10 Å². The molecular weight excluding hydrogens is 306 g/mol. The van der Waals surface area contributed by atoms with E-state index in [9.17, 15) is 0 Å². The van der Waals surface area contributed by atoms with E-state index in [2.05, 4.69) is 39.1 Å². The number of hydrogen-bond donors (Lipinski definition) is 1. The van der Waals surface area contributed by atoms with E-state index in [0.29, 0.717) is 6.61 Å². The summed E-state index contributed by atoms with van der Waals surface area (Å²) in [4.78, 5) is 3.42. The molecule has 0 radical (unpaired) electrons. The monoisotopic (exact) mass is 317 g/mol. The fourth-order valence-corrected chi connectivity index (χ4v) is 2.81. The van der Waals surface area contributed by atoms with Crippen LogP contribution in [-0.2, 0) is 4.74 Å². The van der Waals surface area contributed by atoms with E-state index in [1.54, 1.807) is 0 Å². The van der Waals surface area contributed by atoms with Crippen LogP contribution in [0.5, 0.6) is 5.75 Å².